The SMILES string of the molecule is O=C1CCC(Nc2ccc(N3CCN(C(O)CCCCCCCCn4cc(CNC(=O)c5cc(NC(=O)c6cc(-c7ccccn7)c(Cl)cc6Cl)n(-c6ccccc6)n5)nn4)CC3)cc2)C(=O)N1. The summed E-state index contributed by atoms with van der Waals surface area (Å²) < 4.78 is 3.27. The Bertz CT molecular complexity index is 2670. The first kappa shape index (κ1) is 47.8. The zero-order valence-electron chi connectivity index (χ0n) is 37.5. The van der Waals surface area contributed by atoms with Gasteiger partial charge in [-0.15, -0.1) is 5.10 Å². The van der Waals surface area contributed by atoms with Crippen molar-refractivity contribution in [3.63, 3.8) is 0 Å². The number of aromatic nitrogens is 6. The van der Waals surface area contributed by atoms with Crippen molar-refractivity contribution in [3.8, 4) is 16.9 Å². The molecule has 5 N–H and O–H groups in total. The largest absolute Gasteiger partial charge is 0.378 e. The van der Waals surface area contributed by atoms with Gasteiger partial charge in [-0.3, -0.25) is 39.1 Å². The Hall–Kier alpha value is -6.66. The number of hydrogen-bond donors (Lipinski definition) is 5. The van der Waals surface area contributed by atoms with E-state index in [1.807, 2.05) is 66.9 Å². The summed E-state index contributed by atoms with van der Waals surface area (Å²) in [7, 11) is 0. The van der Waals surface area contributed by atoms with Crippen molar-refractivity contribution in [2.24, 2.45) is 0 Å². The Kier molecular flexibility index (Phi) is 16.1. The topological polar surface area (TPSA) is 205 Å². The molecular formula is C49H54Cl2N12O5. The number of piperazine rings is 1. The first-order valence-electron chi connectivity index (χ1n) is 23.0. The van der Waals surface area contributed by atoms with E-state index < -0.39 is 24.1 Å². The summed E-state index contributed by atoms with van der Waals surface area (Å²) in [6.45, 7) is 4.06. The number of amides is 4. The Morgan fingerprint density at radius 1 is 0.824 bits per heavy atom. The third kappa shape index (κ3) is 12.5. The van der Waals surface area contributed by atoms with E-state index in [-0.39, 0.29) is 40.5 Å². The van der Waals surface area contributed by atoms with Gasteiger partial charge in [-0.05, 0) is 86.3 Å². The minimum Gasteiger partial charge on any atom is -0.378 e. The lowest BCUT2D eigenvalue weighted by Gasteiger charge is -2.38. The van der Waals surface area contributed by atoms with Crippen LogP contribution in [0, 0.1) is 0 Å². The van der Waals surface area contributed by atoms with Gasteiger partial charge in [0.25, 0.3) is 11.8 Å². The van der Waals surface area contributed by atoms with Crippen LogP contribution in [-0.4, -0.2) is 102 Å². The molecule has 0 aliphatic carbocycles. The van der Waals surface area contributed by atoms with Gasteiger partial charge in [0.05, 0.1) is 39.7 Å². The number of aliphatic hydroxyl groups is 1. The van der Waals surface area contributed by atoms with Crippen LogP contribution in [0.15, 0.2) is 103 Å². The molecule has 3 aromatic carbocycles. The van der Waals surface area contributed by atoms with Crippen molar-refractivity contribution in [3.05, 3.63) is 130 Å². The van der Waals surface area contributed by atoms with Crippen molar-refractivity contribution in [1.29, 1.82) is 0 Å². The van der Waals surface area contributed by atoms with E-state index in [1.54, 1.807) is 29.1 Å². The van der Waals surface area contributed by atoms with Gasteiger partial charge in [0, 0.05) is 68.3 Å². The van der Waals surface area contributed by atoms with Gasteiger partial charge in [0.15, 0.2) is 5.69 Å². The number of carbonyl (C=O) groups excluding carboxylic acids is 4. The fourth-order valence-electron chi connectivity index (χ4n) is 8.33. The minimum absolute atomic E-state index is 0.0874. The first-order valence-corrected chi connectivity index (χ1v) is 23.8. The Morgan fingerprint density at radius 3 is 2.32 bits per heavy atom. The molecule has 68 heavy (non-hydrogen) atoms. The molecule has 354 valence electrons. The van der Waals surface area contributed by atoms with Gasteiger partial charge >= 0.3 is 0 Å². The monoisotopic (exact) mass is 960 g/mol. The molecule has 0 saturated carbocycles. The van der Waals surface area contributed by atoms with Crippen molar-refractivity contribution in [2.75, 3.05) is 41.7 Å². The van der Waals surface area contributed by atoms with Crippen LogP contribution < -0.4 is 26.2 Å². The van der Waals surface area contributed by atoms with E-state index in [0.717, 1.165) is 82.5 Å². The number of unbranched alkanes of at least 4 members (excludes halogenated alkanes) is 5. The van der Waals surface area contributed by atoms with E-state index >= 15 is 0 Å². The molecule has 0 spiro atoms. The number of benzene rings is 3. The number of aryl methyl sites for hydroxylation is 1. The highest BCUT2D eigenvalue weighted by Crippen LogP contribution is 2.33. The van der Waals surface area contributed by atoms with Crippen molar-refractivity contribution in [2.45, 2.75) is 83.1 Å². The summed E-state index contributed by atoms with van der Waals surface area (Å²) in [6, 6.07) is 26.7. The standard InChI is InChI=1S/C49H54Cl2N12O5/c50-39-29-40(51)38(28-37(39)41-14-9-10-22-52-41)47(66)55-44-30-43(58-63(44)36-12-6-5-7-13-36)48(67)53-31-34-32-62(59-57-34)23-11-4-2-1-3-8-15-46(65)61-26-24-60(25-27-61)35-18-16-33(17-19-35)54-42-20-21-45(64)56-49(42)68/h5-7,9-10,12-14,16-19,22,28-30,32,42,46,54,65H,1-4,8,11,15,20-21,23-27,31H2,(H,53,67)(H,55,66)(H,56,64,68). The lowest BCUT2D eigenvalue weighted by Crippen LogP contribution is -2.50. The Balaban J connectivity index is 0.725. The number of hydrogen-bond acceptors (Lipinski definition) is 12. The summed E-state index contributed by atoms with van der Waals surface area (Å²) in [4.78, 5) is 59.4. The highest BCUT2D eigenvalue weighted by molar-refractivity contribution is 6.38. The second kappa shape index (κ2) is 22.9. The average Bonchev–Trinajstić information content (AvgIpc) is 4.00. The zero-order valence-corrected chi connectivity index (χ0v) is 39.0. The quantitative estimate of drug-likeness (QED) is 0.0384. The Labute approximate surface area is 404 Å². The van der Waals surface area contributed by atoms with Crippen LogP contribution in [0.1, 0.15) is 84.3 Å². The van der Waals surface area contributed by atoms with Crippen molar-refractivity contribution in [1.82, 2.24) is 45.3 Å². The summed E-state index contributed by atoms with van der Waals surface area (Å²) in [5.74, 6) is -1.23. The third-order valence-electron chi connectivity index (χ3n) is 12.1. The summed E-state index contributed by atoms with van der Waals surface area (Å²) in [5.41, 5.74) is 4.57. The number of nitrogens with zero attached hydrogens (tertiary/aromatic N) is 8. The lowest BCUT2D eigenvalue weighted by molar-refractivity contribution is -0.133. The van der Waals surface area contributed by atoms with Gasteiger partial charge in [-0.2, -0.15) is 5.10 Å². The van der Waals surface area contributed by atoms with Crippen LogP contribution in [0.3, 0.4) is 0 Å². The fraction of sp³-hybridized carbons (Fsp3) is 0.347. The molecule has 2 unspecified atom stereocenters. The molecule has 17 nitrogen and oxygen atoms in total. The van der Waals surface area contributed by atoms with Crippen LogP contribution in [0.2, 0.25) is 10.0 Å². The van der Waals surface area contributed by atoms with Crippen LogP contribution >= 0.6 is 23.2 Å². The second-order valence-electron chi connectivity index (χ2n) is 16.9. The molecule has 5 heterocycles. The van der Waals surface area contributed by atoms with Crippen LogP contribution in [0.4, 0.5) is 17.2 Å². The molecule has 3 aromatic heterocycles. The summed E-state index contributed by atoms with van der Waals surface area (Å²) in [6.07, 6.45) is 10.8. The maximum absolute atomic E-state index is 13.7. The molecule has 2 saturated heterocycles. The average molecular weight is 962 g/mol. The first-order chi connectivity index (χ1) is 33.1. The number of halogens is 2. The number of imide groups is 1. The molecule has 8 rings (SSSR count). The molecule has 6 aromatic rings. The molecule has 2 aliphatic rings. The number of nitrogens with one attached hydrogen (secondary N) is 4. The van der Waals surface area contributed by atoms with Crippen LogP contribution in [-0.2, 0) is 22.7 Å². The maximum Gasteiger partial charge on any atom is 0.272 e. The maximum atomic E-state index is 13.7. The normalized spacial score (nSPS) is 15.8. The van der Waals surface area contributed by atoms with Crippen LogP contribution in [0.25, 0.3) is 16.9 Å². The van der Waals surface area contributed by atoms with Gasteiger partial charge < -0.3 is 26.0 Å². The number of anilines is 3. The highest BCUT2D eigenvalue weighted by Gasteiger charge is 2.27. The van der Waals surface area contributed by atoms with E-state index in [9.17, 15) is 24.3 Å². The summed E-state index contributed by atoms with van der Waals surface area (Å²) in [5, 5.41) is 35.8. The number of carbonyl (C=O) groups is 4. The molecular weight excluding hydrogens is 908 g/mol. The van der Waals surface area contributed by atoms with Crippen molar-refractivity contribution < 1.29 is 24.3 Å². The number of aliphatic hydroxyl groups excluding tert-OH is 1. The molecule has 2 aliphatic heterocycles. The second-order valence-corrected chi connectivity index (χ2v) is 17.7. The van der Waals surface area contributed by atoms with E-state index in [2.05, 4.69) is 51.5 Å². The molecule has 4 amide bonds. The Morgan fingerprint density at radius 2 is 1.57 bits per heavy atom. The predicted molar refractivity (Wildman–Crippen MR) is 261 cm³/mol. The smallest absolute Gasteiger partial charge is 0.272 e. The molecule has 19 heteroatoms. The van der Waals surface area contributed by atoms with Gasteiger partial charge in [0.2, 0.25) is 11.8 Å². The fourth-order valence-corrected chi connectivity index (χ4v) is 8.90. The van der Waals surface area contributed by atoms with Crippen molar-refractivity contribution >= 4 is 64.0 Å². The molecule has 2 fully saturated rings. The number of pyridine rings is 1. The van der Waals surface area contributed by atoms with Gasteiger partial charge in [-0.25, -0.2) is 4.68 Å². The number of piperidine rings is 1. The third-order valence-corrected chi connectivity index (χ3v) is 12.7. The molecule has 0 bridgehead atoms. The number of para-hydroxylation sites is 1. The van der Waals surface area contributed by atoms with Gasteiger partial charge in [-0.1, -0.05) is 78.4 Å². The van der Waals surface area contributed by atoms with E-state index in [1.165, 1.54) is 16.8 Å². The summed E-state index contributed by atoms with van der Waals surface area (Å²) >= 11 is 13.0. The van der Waals surface area contributed by atoms with Gasteiger partial charge in [0.1, 0.15) is 23.8 Å². The zero-order chi connectivity index (χ0) is 47.4. The van der Waals surface area contributed by atoms with E-state index in [4.69, 9.17) is 23.2 Å². The molecule has 2 atom stereocenters. The predicted octanol–water partition coefficient (Wildman–Crippen LogP) is 7.10. The minimum atomic E-state index is -0.521. The highest BCUT2D eigenvalue weighted by atomic mass is 35.5. The number of rotatable bonds is 20. The van der Waals surface area contributed by atoms with Crippen LogP contribution in [0.5, 0.6) is 0 Å². The lowest BCUT2D eigenvalue weighted by atomic mass is 10.1. The molecule has 0 radical (unpaired) electrons. The van der Waals surface area contributed by atoms with E-state index in [0.29, 0.717) is 47.0 Å².